The number of hydrogen-bond acceptors (Lipinski definition) is 5. The van der Waals surface area contributed by atoms with Gasteiger partial charge in [-0.15, -0.1) is 0 Å². The molecule has 1 saturated heterocycles. The van der Waals surface area contributed by atoms with Crippen LogP contribution in [0.15, 0.2) is 48.5 Å². The fourth-order valence-corrected chi connectivity index (χ4v) is 3.92. The molecule has 0 aromatic heterocycles. The molecule has 0 unspecified atom stereocenters. The quantitative estimate of drug-likeness (QED) is 0.779. The molecule has 2 aliphatic heterocycles. The van der Waals surface area contributed by atoms with Crippen molar-refractivity contribution in [2.24, 2.45) is 0 Å². The fraction of sp³-hybridized carbons (Fsp3) is 0.455. The molecule has 2 aromatic rings. The van der Waals surface area contributed by atoms with Crippen LogP contribution in [0.2, 0.25) is 0 Å². The van der Waals surface area contributed by atoms with Crippen molar-refractivity contribution < 1.29 is 14.9 Å². The molecule has 0 bridgehead atoms. The molecular weight excluding hydrogens is 340 g/mol. The Morgan fingerprint density at radius 1 is 1.04 bits per heavy atom. The van der Waals surface area contributed by atoms with E-state index in [2.05, 4.69) is 40.1 Å². The highest BCUT2D eigenvalue weighted by molar-refractivity contribution is 5.29. The van der Waals surface area contributed by atoms with E-state index >= 15 is 0 Å². The van der Waals surface area contributed by atoms with Crippen LogP contribution >= 0.6 is 0 Å². The van der Waals surface area contributed by atoms with E-state index in [9.17, 15) is 10.2 Å². The fourth-order valence-electron chi connectivity index (χ4n) is 3.92. The standard InChI is InChI=1S/C22H28N2O3/c25-20-13-24(14-20)11-17-4-3-7-22(10-17)27-16-21(26)15-23-9-8-18-5-1-2-6-19(18)12-23/h1-7,10,20-21,25-26H,8-9,11-16H2/t21-/m1/s1. The largest absolute Gasteiger partial charge is 0.491 e. The lowest BCUT2D eigenvalue weighted by Crippen LogP contribution is -2.49. The van der Waals surface area contributed by atoms with Gasteiger partial charge in [0.1, 0.15) is 18.5 Å². The Morgan fingerprint density at radius 2 is 1.85 bits per heavy atom. The van der Waals surface area contributed by atoms with Crippen molar-refractivity contribution in [2.45, 2.75) is 31.7 Å². The van der Waals surface area contributed by atoms with E-state index in [1.54, 1.807) is 0 Å². The van der Waals surface area contributed by atoms with Gasteiger partial charge in [-0.1, -0.05) is 36.4 Å². The SMILES string of the molecule is OC1CN(Cc2cccc(OC[C@H](O)CN3CCc4ccccc4C3)c2)C1. The molecule has 0 spiro atoms. The highest BCUT2D eigenvalue weighted by atomic mass is 16.5. The number of likely N-dealkylation sites (tertiary alicyclic amines) is 1. The number of aliphatic hydroxyl groups is 2. The van der Waals surface area contributed by atoms with E-state index in [4.69, 9.17) is 4.74 Å². The van der Waals surface area contributed by atoms with E-state index in [0.717, 1.165) is 44.9 Å². The van der Waals surface area contributed by atoms with E-state index in [-0.39, 0.29) is 6.10 Å². The Morgan fingerprint density at radius 3 is 2.67 bits per heavy atom. The van der Waals surface area contributed by atoms with E-state index in [1.165, 1.54) is 16.7 Å². The predicted molar refractivity (Wildman–Crippen MR) is 105 cm³/mol. The summed E-state index contributed by atoms with van der Waals surface area (Å²) in [5.74, 6) is 0.789. The molecule has 0 amide bonds. The number of fused-ring (bicyclic) bond motifs is 1. The molecule has 27 heavy (non-hydrogen) atoms. The van der Waals surface area contributed by atoms with Gasteiger partial charge in [0.15, 0.2) is 0 Å². The normalized spacial score (nSPS) is 19.3. The minimum atomic E-state index is -0.510. The zero-order valence-corrected chi connectivity index (χ0v) is 15.6. The van der Waals surface area contributed by atoms with Crippen LogP contribution in [0.1, 0.15) is 16.7 Å². The average molecular weight is 368 g/mol. The highest BCUT2D eigenvalue weighted by Gasteiger charge is 2.24. The second kappa shape index (κ2) is 8.40. The summed E-state index contributed by atoms with van der Waals surface area (Å²) >= 11 is 0. The summed E-state index contributed by atoms with van der Waals surface area (Å²) in [7, 11) is 0. The second-order valence-electron chi connectivity index (χ2n) is 7.71. The molecule has 2 heterocycles. The monoisotopic (exact) mass is 368 g/mol. The van der Waals surface area contributed by atoms with Crippen LogP contribution in [0.4, 0.5) is 0 Å². The number of aliphatic hydroxyl groups excluding tert-OH is 2. The highest BCUT2D eigenvalue weighted by Crippen LogP contribution is 2.20. The third-order valence-corrected chi connectivity index (χ3v) is 5.36. The topological polar surface area (TPSA) is 56.2 Å². The van der Waals surface area contributed by atoms with Crippen molar-refractivity contribution in [1.82, 2.24) is 9.80 Å². The van der Waals surface area contributed by atoms with Crippen LogP contribution < -0.4 is 4.74 Å². The van der Waals surface area contributed by atoms with Crippen molar-refractivity contribution >= 4 is 0 Å². The lowest BCUT2D eigenvalue weighted by atomic mass is 10.00. The van der Waals surface area contributed by atoms with Gasteiger partial charge in [-0.3, -0.25) is 9.80 Å². The van der Waals surface area contributed by atoms with Crippen LogP contribution in [0, 0.1) is 0 Å². The minimum absolute atomic E-state index is 0.179. The number of β-amino-alcohol motifs (C(OH)–C–C–N with tert-alkyl or cyclic N) is 2. The molecule has 1 atom stereocenters. The molecule has 0 saturated carbocycles. The van der Waals surface area contributed by atoms with Gasteiger partial charge in [0.2, 0.25) is 0 Å². The zero-order valence-electron chi connectivity index (χ0n) is 15.6. The second-order valence-corrected chi connectivity index (χ2v) is 7.71. The van der Waals surface area contributed by atoms with Crippen molar-refractivity contribution in [3.8, 4) is 5.75 Å². The van der Waals surface area contributed by atoms with Gasteiger partial charge in [-0.05, 0) is 35.2 Å². The van der Waals surface area contributed by atoms with Crippen LogP contribution in [0.3, 0.4) is 0 Å². The molecule has 2 aliphatic rings. The molecular formula is C22H28N2O3. The predicted octanol–water partition coefficient (Wildman–Crippen LogP) is 1.66. The van der Waals surface area contributed by atoms with Gasteiger partial charge in [0.25, 0.3) is 0 Å². The van der Waals surface area contributed by atoms with Gasteiger partial charge >= 0.3 is 0 Å². The van der Waals surface area contributed by atoms with Crippen LogP contribution in [0.5, 0.6) is 5.75 Å². The Kier molecular flexibility index (Phi) is 5.74. The molecule has 2 N–H and O–H groups in total. The molecule has 4 rings (SSSR count). The maximum Gasteiger partial charge on any atom is 0.119 e. The molecule has 0 radical (unpaired) electrons. The van der Waals surface area contributed by atoms with E-state index in [0.29, 0.717) is 13.2 Å². The van der Waals surface area contributed by atoms with E-state index < -0.39 is 6.10 Å². The van der Waals surface area contributed by atoms with Crippen molar-refractivity contribution in [2.75, 3.05) is 32.8 Å². The third kappa shape index (κ3) is 4.87. The van der Waals surface area contributed by atoms with E-state index in [1.807, 2.05) is 18.2 Å². The summed E-state index contributed by atoms with van der Waals surface area (Å²) in [6.07, 6.45) is 0.350. The summed E-state index contributed by atoms with van der Waals surface area (Å²) in [5, 5.41) is 19.8. The Balaban J connectivity index is 1.24. The smallest absolute Gasteiger partial charge is 0.119 e. The number of nitrogens with zero attached hydrogens (tertiary/aromatic N) is 2. The van der Waals surface area contributed by atoms with Crippen molar-refractivity contribution in [3.05, 3.63) is 65.2 Å². The molecule has 144 valence electrons. The first kappa shape index (κ1) is 18.4. The summed E-state index contributed by atoms with van der Waals surface area (Å²) < 4.78 is 5.83. The Bertz CT molecular complexity index is 761. The van der Waals surface area contributed by atoms with Gasteiger partial charge in [-0.2, -0.15) is 0 Å². The summed E-state index contributed by atoms with van der Waals surface area (Å²) in [6, 6.07) is 16.5. The van der Waals surface area contributed by atoms with Crippen LogP contribution in [0.25, 0.3) is 0 Å². The first-order valence-electron chi connectivity index (χ1n) is 9.75. The number of ether oxygens (including phenoxy) is 1. The molecule has 0 aliphatic carbocycles. The first-order chi connectivity index (χ1) is 13.2. The average Bonchev–Trinajstić information content (AvgIpc) is 2.65. The Labute approximate surface area is 160 Å². The minimum Gasteiger partial charge on any atom is -0.491 e. The van der Waals surface area contributed by atoms with Gasteiger partial charge in [0.05, 0.1) is 6.10 Å². The summed E-state index contributed by atoms with van der Waals surface area (Å²) in [5.41, 5.74) is 3.95. The number of hydrogen-bond donors (Lipinski definition) is 2. The van der Waals surface area contributed by atoms with Crippen LogP contribution in [-0.2, 0) is 19.5 Å². The number of rotatable bonds is 7. The van der Waals surface area contributed by atoms with Crippen molar-refractivity contribution in [1.29, 1.82) is 0 Å². The number of benzene rings is 2. The molecule has 1 fully saturated rings. The lowest BCUT2D eigenvalue weighted by Gasteiger charge is -2.35. The summed E-state index contributed by atoms with van der Waals surface area (Å²) in [4.78, 5) is 4.49. The lowest BCUT2D eigenvalue weighted by molar-refractivity contribution is -0.00291. The van der Waals surface area contributed by atoms with Crippen LogP contribution in [-0.4, -0.2) is 65.0 Å². The third-order valence-electron chi connectivity index (χ3n) is 5.36. The molecule has 2 aromatic carbocycles. The van der Waals surface area contributed by atoms with Gasteiger partial charge in [0, 0.05) is 39.3 Å². The first-order valence-corrected chi connectivity index (χ1v) is 9.75. The summed E-state index contributed by atoms with van der Waals surface area (Å²) in [6.45, 7) is 5.09. The van der Waals surface area contributed by atoms with Gasteiger partial charge in [-0.25, -0.2) is 0 Å². The maximum atomic E-state index is 10.4. The van der Waals surface area contributed by atoms with Crippen molar-refractivity contribution in [3.63, 3.8) is 0 Å². The molecule has 5 heteroatoms. The molecule has 5 nitrogen and oxygen atoms in total. The van der Waals surface area contributed by atoms with Gasteiger partial charge < -0.3 is 14.9 Å². The Hall–Kier alpha value is -1.92. The zero-order chi connectivity index (χ0) is 18.6. The maximum absolute atomic E-state index is 10.4.